The van der Waals surface area contributed by atoms with Crippen LogP contribution in [0.15, 0.2) is 0 Å². The van der Waals surface area contributed by atoms with E-state index in [1.165, 1.54) is 0 Å². The van der Waals surface area contributed by atoms with E-state index in [0.29, 0.717) is 0 Å². The van der Waals surface area contributed by atoms with Crippen LogP contribution in [0.3, 0.4) is 0 Å². The molecule has 32 heavy (non-hydrogen) atoms. The largest absolute Gasteiger partial charge is 0.394 e. The Morgan fingerprint density at radius 1 is 0.844 bits per heavy atom. The molecular weight excluding hydrogens is 432 g/mol. The van der Waals surface area contributed by atoms with Gasteiger partial charge >= 0.3 is 0 Å². The number of likely N-dealkylation sites (N-methyl/N-ethyl adjacent to an activating group) is 1. The Hall–Kier alpha value is -0.560. The molecule has 0 unspecified atom stereocenters. The van der Waals surface area contributed by atoms with E-state index in [9.17, 15) is 30.6 Å². The Labute approximate surface area is 185 Å². The van der Waals surface area contributed by atoms with Crippen LogP contribution in [-0.4, -0.2) is 136 Å². The van der Waals surface area contributed by atoms with Gasteiger partial charge < -0.3 is 72.1 Å². The van der Waals surface area contributed by atoms with E-state index in [0.717, 1.165) is 0 Å². The molecule has 14 heteroatoms. The maximum Gasteiger partial charge on any atom is 0.187 e. The zero-order valence-electron chi connectivity index (χ0n) is 17.8. The smallest absolute Gasteiger partial charge is 0.187 e. The predicted octanol–water partition coefficient (Wildman–Crippen LogP) is -6.39. The van der Waals surface area contributed by atoms with Crippen LogP contribution in [0.1, 0.15) is 6.42 Å². The summed E-state index contributed by atoms with van der Waals surface area (Å²) in [5.74, 6) is 0. The fourth-order valence-electron chi connectivity index (χ4n) is 4.42. The van der Waals surface area contributed by atoms with Crippen LogP contribution in [0.4, 0.5) is 0 Å². The highest BCUT2D eigenvalue weighted by atomic mass is 16.7. The summed E-state index contributed by atoms with van der Waals surface area (Å²) in [5, 5.41) is 63.7. The minimum Gasteiger partial charge on any atom is -0.394 e. The van der Waals surface area contributed by atoms with Gasteiger partial charge in [0.25, 0.3) is 0 Å². The lowest BCUT2D eigenvalue weighted by Gasteiger charge is -2.47. The van der Waals surface area contributed by atoms with E-state index in [-0.39, 0.29) is 13.0 Å². The minimum absolute atomic E-state index is 0.103. The Balaban J connectivity index is 1.80. The van der Waals surface area contributed by atoms with Gasteiger partial charge in [0.15, 0.2) is 12.6 Å². The molecule has 0 amide bonds. The first-order chi connectivity index (χ1) is 15.1. The van der Waals surface area contributed by atoms with Crippen LogP contribution in [0, 0.1) is 0 Å². The molecular formula is C18H36N4O10. The highest BCUT2D eigenvalue weighted by Gasteiger charge is 2.52. The van der Waals surface area contributed by atoms with Gasteiger partial charge in [-0.1, -0.05) is 0 Å². The van der Waals surface area contributed by atoms with Gasteiger partial charge in [0, 0.05) is 18.6 Å². The summed E-state index contributed by atoms with van der Waals surface area (Å²) in [7, 11) is 1.63. The van der Waals surface area contributed by atoms with Crippen molar-refractivity contribution in [2.45, 2.75) is 92.1 Å². The van der Waals surface area contributed by atoms with Crippen molar-refractivity contribution < 1.29 is 49.6 Å². The second-order valence-corrected chi connectivity index (χ2v) is 8.53. The summed E-state index contributed by atoms with van der Waals surface area (Å²) >= 11 is 0. The number of aliphatic hydroxyl groups excluding tert-OH is 6. The molecule has 14 atom stereocenters. The number of aliphatic hydroxyl groups is 6. The maximum atomic E-state index is 10.9. The second kappa shape index (κ2) is 10.8. The number of nitrogens with one attached hydrogen (secondary N) is 1. The lowest BCUT2D eigenvalue weighted by atomic mass is 9.83. The van der Waals surface area contributed by atoms with Crippen LogP contribution in [0.25, 0.3) is 0 Å². The van der Waals surface area contributed by atoms with Crippen molar-refractivity contribution in [1.82, 2.24) is 5.32 Å². The van der Waals surface area contributed by atoms with Gasteiger partial charge in [-0.2, -0.15) is 0 Å². The summed E-state index contributed by atoms with van der Waals surface area (Å²) in [4.78, 5) is 0. The molecule has 188 valence electrons. The SMILES string of the molecule is CN[C@H]1C[C@@H](N)[C@H](O[C@H]2O[C@@H](CN)[C@H](O)[C@@H](O)[C@@H]2N)[C@@H](O[C@H]2O[C@H](CO)[C@@H](O)[C@@H]2O)[C@@H]1O. The van der Waals surface area contributed by atoms with Crippen molar-refractivity contribution in [1.29, 1.82) is 0 Å². The Bertz CT molecular complexity index is 606. The standard InChI is InChI=1S/C18H36N4O10/c1-22-6-2-5(20)15(31-17-9(21)13(27)11(25)7(3-19)29-17)16(10(6)24)32-18-14(28)12(26)8(4-23)30-18/h5-18,22-28H,2-4,19-21H2,1H3/t5-,6+,7+,8-,9+,10-,11+,12-,13+,14+,15+,16+,17-,18-/m1/s1. The van der Waals surface area contributed by atoms with Crippen molar-refractivity contribution in [3.05, 3.63) is 0 Å². The predicted molar refractivity (Wildman–Crippen MR) is 107 cm³/mol. The molecule has 13 N–H and O–H groups in total. The molecule has 1 aliphatic carbocycles. The first-order valence-corrected chi connectivity index (χ1v) is 10.7. The highest BCUT2D eigenvalue weighted by molar-refractivity contribution is 5.02. The third kappa shape index (κ3) is 4.94. The molecule has 0 aromatic carbocycles. The molecule has 0 bridgehead atoms. The topological polar surface area (TPSA) is 248 Å². The fraction of sp³-hybridized carbons (Fsp3) is 1.00. The van der Waals surface area contributed by atoms with Crippen molar-refractivity contribution in [2.24, 2.45) is 17.2 Å². The summed E-state index contributed by atoms with van der Waals surface area (Å²) in [5.41, 5.74) is 17.9. The number of hydrogen-bond donors (Lipinski definition) is 10. The van der Waals surface area contributed by atoms with E-state index < -0.39 is 92.2 Å². The molecule has 2 aliphatic heterocycles. The second-order valence-electron chi connectivity index (χ2n) is 8.53. The van der Waals surface area contributed by atoms with Gasteiger partial charge in [-0.05, 0) is 13.5 Å². The van der Waals surface area contributed by atoms with Crippen molar-refractivity contribution in [2.75, 3.05) is 20.2 Å². The van der Waals surface area contributed by atoms with Crippen LogP contribution in [0.2, 0.25) is 0 Å². The Morgan fingerprint density at radius 2 is 1.44 bits per heavy atom. The molecule has 1 saturated carbocycles. The first kappa shape index (κ1) is 26.1. The van der Waals surface area contributed by atoms with Crippen LogP contribution in [0.5, 0.6) is 0 Å². The normalized spacial score (nSPS) is 52.3. The molecule has 0 radical (unpaired) electrons. The van der Waals surface area contributed by atoms with Gasteiger partial charge in [0.2, 0.25) is 0 Å². The summed E-state index contributed by atoms with van der Waals surface area (Å²) in [6, 6.07) is -2.33. The molecule has 0 aromatic rings. The van der Waals surface area contributed by atoms with E-state index in [2.05, 4.69) is 5.32 Å². The zero-order chi connectivity index (χ0) is 23.7. The van der Waals surface area contributed by atoms with Crippen molar-refractivity contribution >= 4 is 0 Å². The Kier molecular flexibility index (Phi) is 8.79. The average molecular weight is 469 g/mol. The number of ether oxygens (including phenoxy) is 4. The third-order valence-electron chi connectivity index (χ3n) is 6.45. The van der Waals surface area contributed by atoms with E-state index >= 15 is 0 Å². The van der Waals surface area contributed by atoms with Gasteiger partial charge in [-0.3, -0.25) is 0 Å². The fourth-order valence-corrected chi connectivity index (χ4v) is 4.42. The Morgan fingerprint density at radius 3 is 2.00 bits per heavy atom. The molecule has 2 heterocycles. The zero-order valence-corrected chi connectivity index (χ0v) is 17.8. The summed E-state index contributed by atoms with van der Waals surface area (Å²) in [6.45, 7) is -0.649. The first-order valence-electron chi connectivity index (χ1n) is 10.7. The van der Waals surface area contributed by atoms with Crippen LogP contribution in [-0.2, 0) is 18.9 Å². The van der Waals surface area contributed by atoms with Crippen molar-refractivity contribution in [3.8, 4) is 0 Å². The van der Waals surface area contributed by atoms with Crippen LogP contribution < -0.4 is 22.5 Å². The molecule has 3 aliphatic rings. The van der Waals surface area contributed by atoms with E-state index in [4.69, 9.17) is 36.1 Å². The average Bonchev–Trinajstić information content (AvgIpc) is 3.05. The van der Waals surface area contributed by atoms with E-state index in [1.54, 1.807) is 7.05 Å². The molecule has 0 spiro atoms. The lowest BCUT2D eigenvalue weighted by molar-refractivity contribution is -0.307. The quantitative estimate of drug-likeness (QED) is 0.167. The summed E-state index contributed by atoms with van der Waals surface area (Å²) in [6.07, 6.45) is -13.3. The highest BCUT2D eigenvalue weighted by Crippen LogP contribution is 2.32. The van der Waals surface area contributed by atoms with Crippen LogP contribution >= 0.6 is 0 Å². The van der Waals surface area contributed by atoms with Gasteiger partial charge in [0.05, 0.1) is 18.8 Å². The molecule has 3 rings (SSSR count). The maximum absolute atomic E-state index is 10.9. The van der Waals surface area contributed by atoms with Gasteiger partial charge in [-0.25, -0.2) is 0 Å². The minimum atomic E-state index is -1.49. The third-order valence-corrected chi connectivity index (χ3v) is 6.45. The van der Waals surface area contributed by atoms with Gasteiger partial charge in [0.1, 0.15) is 48.8 Å². The van der Waals surface area contributed by atoms with Gasteiger partial charge in [-0.15, -0.1) is 0 Å². The molecule has 14 nitrogen and oxygen atoms in total. The monoisotopic (exact) mass is 468 g/mol. The molecule has 3 fully saturated rings. The summed E-state index contributed by atoms with van der Waals surface area (Å²) < 4.78 is 22.7. The number of hydrogen-bond acceptors (Lipinski definition) is 14. The van der Waals surface area contributed by atoms with E-state index in [1.807, 2.05) is 0 Å². The molecule has 2 saturated heterocycles. The van der Waals surface area contributed by atoms with Crippen molar-refractivity contribution in [3.63, 3.8) is 0 Å². The number of rotatable bonds is 7. The lowest BCUT2D eigenvalue weighted by Crippen LogP contribution is -2.68. The molecule has 0 aromatic heterocycles. The number of nitrogens with two attached hydrogens (primary N) is 3.